The Morgan fingerprint density at radius 2 is 1.62 bits per heavy atom. The average Bonchev–Trinajstić information content (AvgIpc) is 3.81. The van der Waals surface area contributed by atoms with Crippen LogP contribution in [0.1, 0.15) is 26.7 Å². The molecule has 1 amide bonds. The molecule has 3 heterocycles. The Morgan fingerprint density at radius 3 is 2.35 bits per heavy atom. The molecule has 12 nitrogen and oxygen atoms in total. The summed E-state index contributed by atoms with van der Waals surface area (Å²) in [5.74, 6) is 1.47. The van der Waals surface area contributed by atoms with Gasteiger partial charge in [-0.1, -0.05) is 42.1 Å². The van der Waals surface area contributed by atoms with Gasteiger partial charge in [0.05, 0.1) is 48.5 Å². The second-order valence-electron chi connectivity index (χ2n) is 11.2. The van der Waals surface area contributed by atoms with Gasteiger partial charge in [-0.3, -0.25) is 9.36 Å². The highest BCUT2D eigenvalue weighted by Crippen LogP contribution is 2.39. The first kappa shape index (κ1) is 33.8. The van der Waals surface area contributed by atoms with Crippen molar-refractivity contribution >= 4 is 39.1 Å². The molecular formula is C34H40N6O6S2. The number of nitrogens with zero attached hydrogens (tertiary/aromatic N) is 5. The van der Waals surface area contributed by atoms with Gasteiger partial charge in [-0.25, -0.2) is 8.42 Å². The molecule has 1 N–H and O–H groups in total. The number of hydrogen-bond donors (Lipinski definition) is 1. The quantitative estimate of drug-likeness (QED) is 0.190. The zero-order valence-corrected chi connectivity index (χ0v) is 28.8. The average molecular weight is 693 g/mol. The Kier molecular flexibility index (Phi) is 10.8. The Bertz CT molecular complexity index is 1820. The zero-order valence-electron chi connectivity index (χ0n) is 27.1. The van der Waals surface area contributed by atoms with Gasteiger partial charge in [-0.05, 0) is 51.0 Å². The highest BCUT2D eigenvalue weighted by atomic mass is 32.2. The summed E-state index contributed by atoms with van der Waals surface area (Å²) in [5.41, 5.74) is 2.81. The minimum Gasteiger partial charge on any atom is -0.492 e. The van der Waals surface area contributed by atoms with E-state index in [1.165, 1.54) is 16.1 Å². The molecule has 0 atom stereocenters. The smallest absolute Gasteiger partial charge is 0.243 e. The third-order valence-corrected chi connectivity index (χ3v) is 10.9. The predicted octanol–water partition coefficient (Wildman–Crippen LogP) is 5.08. The molecule has 0 saturated carbocycles. The molecule has 0 aliphatic carbocycles. The standard InChI is InChI=1S/C34H40N6O6S2/c1-3-45-30-23-29(38-17-19-44-20-18-38)31(46-4-2)22-28(30)35-32(41)24-47-34-37-36-33(40(34)26-12-6-5-7-13-26)25-11-10-14-27(21-25)48(42,43)39-15-8-9-16-39/h5-7,10-14,21-23H,3-4,8-9,15-20,24H2,1-2H3,(H,35,41). The Balaban J connectivity index is 1.25. The van der Waals surface area contributed by atoms with E-state index in [0.29, 0.717) is 73.2 Å². The van der Waals surface area contributed by atoms with E-state index in [0.717, 1.165) is 37.3 Å². The maximum absolute atomic E-state index is 13.4. The monoisotopic (exact) mass is 692 g/mol. The first-order valence-corrected chi connectivity index (χ1v) is 18.6. The molecular weight excluding hydrogens is 653 g/mol. The SMILES string of the molecule is CCOc1cc(N2CCOCC2)c(OCC)cc1NC(=O)CSc1nnc(-c2cccc(S(=O)(=O)N3CCCC3)c2)n1-c1ccccc1. The van der Waals surface area contributed by atoms with Crippen molar-refractivity contribution in [3.8, 4) is 28.6 Å². The van der Waals surface area contributed by atoms with Crippen LogP contribution in [0.25, 0.3) is 17.1 Å². The number of sulfonamides is 1. The van der Waals surface area contributed by atoms with Gasteiger partial charge < -0.3 is 24.4 Å². The fourth-order valence-electron chi connectivity index (χ4n) is 5.79. The largest absolute Gasteiger partial charge is 0.492 e. The first-order valence-electron chi connectivity index (χ1n) is 16.2. The fourth-order valence-corrected chi connectivity index (χ4v) is 8.11. The summed E-state index contributed by atoms with van der Waals surface area (Å²) in [6, 6.07) is 20.1. The van der Waals surface area contributed by atoms with Crippen LogP contribution < -0.4 is 19.7 Å². The van der Waals surface area contributed by atoms with Crippen LogP contribution in [0, 0.1) is 0 Å². The second kappa shape index (κ2) is 15.4. The number of morpholine rings is 1. The van der Waals surface area contributed by atoms with Crippen LogP contribution in [-0.4, -0.2) is 91.8 Å². The number of thioether (sulfide) groups is 1. The number of ether oxygens (including phenoxy) is 3. The van der Waals surface area contributed by atoms with Crippen LogP contribution in [0.4, 0.5) is 11.4 Å². The Morgan fingerprint density at radius 1 is 0.896 bits per heavy atom. The summed E-state index contributed by atoms with van der Waals surface area (Å²) >= 11 is 1.23. The minimum absolute atomic E-state index is 0.0368. The predicted molar refractivity (Wildman–Crippen MR) is 186 cm³/mol. The van der Waals surface area contributed by atoms with E-state index in [1.807, 2.05) is 66.9 Å². The van der Waals surface area contributed by atoms with Crippen LogP contribution in [0.5, 0.6) is 11.5 Å². The normalized spacial score (nSPS) is 15.4. The maximum atomic E-state index is 13.4. The fraction of sp³-hybridized carbons (Fsp3) is 0.382. The number of rotatable bonds is 13. The highest BCUT2D eigenvalue weighted by molar-refractivity contribution is 7.99. The van der Waals surface area contributed by atoms with Crippen LogP contribution in [0.3, 0.4) is 0 Å². The molecule has 2 aliphatic rings. The van der Waals surface area contributed by atoms with E-state index in [4.69, 9.17) is 14.2 Å². The van der Waals surface area contributed by atoms with Crippen LogP contribution >= 0.6 is 11.8 Å². The van der Waals surface area contributed by atoms with Gasteiger partial charge >= 0.3 is 0 Å². The molecule has 2 aliphatic heterocycles. The lowest BCUT2D eigenvalue weighted by atomic mass is 10.2. The van der Waals surface area contributed by atoms with E-state index in [2.05, 4.69) is 20.4 Å². The number of aromatic nitrogens is 3. The maximum Gasteiger partial charge on any atom is 0.243 e. The molecule has 6 rings (SSSR count). The van der Waals surface area contributed by atoms with Crippen molar-refractivity contribution in [3.05, 3.63) is 66.7 Å². The number of amides is 1. The molecule has 48 heavy (non-hydrogen) atoms. The van der Waals surface area contributed by atoms with Crippen LogP contribution in [-0.2, 0) is 19.6 Å². The number of carbonyl (C=O) groups excluding carboxylic acids is 1. The number of nitrogens with one attached hydrogen (secondary N) is 1. The summed E-state index contributed by atoms with van der Waals surface area (Å²) in [4.78, 5) is 15.8. The molecule has 2 fully saturated rings. The van der Waals surface area contributed by atoms with Crippen molar-refractivity contribution in [2.75, 3.05) is 68.6 Å². The Hall–Kier alpha value is -4.11. The molecule has 1 aromatic heterocycles. The van der Waals surface area contributed by atoms with Crippen molar-refractivity contribution < 1.29 is 27.4 Å². The number of benzene rings is 3. The van der Waals surface area contributed by atoms with Gasteiger partial charge in [0.1, 0.15) is 11.5 Å². The number of anilines is 2. The summed E-state index contributed by atoms with van der Waals surface area (Å²) in [6.07, 6.45) is 1.71. The first-order chi connectivity index (χ1) is 23.4. The van der Waals surface area contributed by atoms with Gasteiger partial charge in [0.2, 0.25) is 15.9 Å². The van der Waals surface area contributed by atoms with E-state index < -0.39 is 10.0 Å². The van der Waals surface area contributed by atoms with E-state index >= 15 is 0 Å². The van der Waals surface area contributed by atoms with E-state index in [-0.39, 0.29) is 16.6 Å². The van der Waals surface area contributed by atoms with Gasteiger partial charge in [-0.2, -0.15) is 4.31 Å². The summed E-state index contributed by atoms with van der Waals surface area (Å²) in [7, 11) is -3.62. The third kappa shape index (κ3) is 7.46. The van der Waals surface area contributed by atoms with Crippen molar-refractivity contribution in [1.29, 1.82) is 0 Å². The lowest BCUT2D eigenvalue weighted by molar-refractivity contribution is -0.113. The zero-order chi connectivity index (χ0) is 33.5. The lowest BCUT2D eigenvalue weighted by Gasteiger charge is -2.31. The summed E-state index contributed by atoms with van der Waals surface area (Å²) in [5, 5.41) is 12.4. The van der Waals surface area contributed by atoms with Crippen molar-refractivity contribution in [1.82, 2.24) is 19.1 Å². The van der Waals surface area contributed by atoms with Gasteiger partial charge in [0.15, 0.2) is 11.0 Å². The molecule has 14 heteroatoms. The van der Waals surface area contributed by atoms with Crippen molar-refractivity contribution in [3.63, 3.8) is 0 Å². The van der Waals surface area contributed by atoms with Gasteiger partial charge in [0, 0.05) is 49.6 Å². The number of carbonyl (C=O) groups is 1. The highest BCUT2D eigenvalue weighted by Gasteiger charge is 2.28. The van der Waals surface area contributed by atoms with Crippen molar-refractivity contribution in [2.24, 2.45) is 0 Å². The molecule has 0 radical (unpaired) electrons. The van der Waals surface area contributed by atoms with E-state index in [9.17, 15) is 13.2 Å². The molecule has 4 aromatic rings. The Labute approximate surface area is 285 Å². The molecule has 0 spiro atoms. The lowest BCUT2D eigenvalue weighted by Crippen LogP contribution is -2.36. The van der Waals surface area contributed by atoms with Gasteiger partial charge in [0.25, 0.3) is 0 Å². The summed E-state index contributed by atoms with van der Waals surface area (Å²) < 4.78 is 47.5. The molecule has 2 saturated heterocycles. The molecule has 0 bridgehead atoms. The van der Waals surface area contributed by atoms with Gasteiger partial charge in [-0.15, -0.1) is 10.2 Å². The van der Waals surface area contributed by atoms with Crippen molar-refractivity contribution in [2.45, 2.75) is 36.7 Å². The van der Waals surface area contributed by atoms with E-state index in [1.54, 1.807) is 18.2 Å². The minimum atomic E-state index is -3.62. The van der Waals surface area contributed by atoms with Crippen LogP contribution in [0.2, 0.25) is 0 Å². The molecule has 3 aromatic carbocycles. The van der Waals surface area contributed by atoms with Crippen LogP contribution in [0.15, 0.2) is 76.8 Å². The number of para-hydroxylation sites is 1. The topological polar surface area (TPSA) is 128 Å². The molecule has 254 valence electrons. The molecule has 0 unspecified atom stereocenters. The third-order valence-electron chi connectivity index (χ3n) is 8.06. The number of hydrogen-bond acceptors (Lipinski definition) is 10. The summed E-state index contributed by atoms with van der Waals surface area (Å²) in [6.45, 7) is 8.49. The second-order valence-corrected chi connectivity index (χ2v) is 14.1.